The maximum absolute atomic E-state index is 12.6. The van der Waals surface area contributed by atoms with E-state index in [1.54, 1.807) is 42.5 Å². The molecule has 1 N–H and O–H groups in total. The van der Waals surface area contributed by atoms with Gasteiger partial charge in [-0.1, -0.05) is 37.0 Å². The maximum atomic E-state index is 12.6. The van der Waals surface area contributed by atoms with E-state index >= 15 is 0 Å². The van der Waals surface area contributed by atoms with Crippen LogP contribution < -0.4 is 10.1 Å². The van der Waals surface area contributed by atoms with E-state index in [0.717, 1.165) is 25.9 Å². The summed E-state index contributed by atoms with van der Waals surface area (Å²) < 4.78 is 5.58. The van der Waals surface area contributed by atoms with Gasteiger partial charge in [-0.15, -0.1) is 0 Å². The van der Waals surface area contributed by atoms with Crippen LogP contribution in [-0.4, -0.2) is 36.4 Å². The van der Waals surface area contributed by atoms with Crippen LogP contribution in [0.15, 0.2) is 42.5 Å². The number of amides is 2. The Morgan fingerprint density at radius 2 is 1.67 bits per heavy atom. The topological polar surface area (TPSA) is 58.6 Å². The zero-order chi connectivity index (χ0) is 21.9. The van der Waals surface area contributed by atoms with E-state index in [1.165, 1.54) is 0 Å². The van der Waals surface area contributed by atoms with Gasteiger partial charge in [0.15, 0.2) is 0 Å². The lowest BCUT2D eigenvalue weighted by Gasteiger charge is -2.21. The number of rotatable bonds is 11. The van der Waals surface area contributed by atoms with Crippen LogP contribution in [0.25, 0.3) is 0 Å². The van der Waals surface area contributed by atoms with Gasteiger partial charge in [0, 0.05) is 35.8 Å². The first kappa shape index (κ1) is 24.0. The fourth-order valence-electron chi connectivity index (χ4n) is 2.96. The van der Waals surface area contributed by atoms with Crippen LogP contribution in [0.2, 0.25) is 10.0 Å². The number of nitrogens with one attached hydrogen (secondary N) is 1. The van der Waals surface area contributed by atoms with Crippen LogP contribution in [0.4, 0.5) is 5.69 Å². The number of anilines is 1. The first-order valence-electron chi connectivity index (χ1n) is 10.2. The van der Waals surface area contributed by atoms with Crippen LogP contribution in [0.3, 0.4) is 0 Å². The molecule has 5 nitrogen and oxygen atoms in total. The molecule has 0 atom stereocenters. The molecule has 0 aliphatic heterocycles. The number of carbonyl (C=O) groups is 2. The Bertz CT molecular complexity index is 835. The van der Waals surface area contributed by atoms with E-state index < -0.39 is 0 Å². The summed E-state index contributed by atoms with van der Waals surface area (Å²) in [5, 5.41) is 3.83. The molecule has 2 rings (SSSR count). The standard InChI is InChI=1S/C23H28Cl2N2O3/c1-3-13-27(14-4-2)23(29)17-7-10-19(11-8-17)26-22(28)6-5-15-30-21-12-9-18(24)16-20(21)25/h7-12,16H,3-6,13-15H2,1-2H3,(H,26,28). The molecule has 0 saturated carbocycles. The molecule has 0 fully saturated rings. The van der Waals surface area contributed by atoms with Gasteiger partial charge in [-0.05, 0) is 61.7 Å². The number of halogens is 2. The number of hydrogen-bond donors (Lipinski definition) is 1. The van der Waals surface area contributed by atoms with Gasteiger partial charge in [0.05, 0.1) is 11.6 Å². The number of carbonyl (C=O) groups excluding carboxylic acids is 2. The van der Waals surface area contributed by atoms with Crippen molar-refractivity contribution in [2.45, 2.75) is 39.5 Å². The molecule has 0 saturated heterocycles. The summed E-state index contributed by atoms with van der Waals surface area (Å²) in [5.74, 6) is 0.454. The van der Waals surface area contributed by atoms with E-state index in [2.05, 4.69) is 19.2 Å². The molecule has 0 aliphatic rings. The summed E-state index contributed by atoms with van der Waals surface area (Å²) in [6.45, 7) is 5.98. The van der Waals surface area contributed by atoms with Crippen molar-refractivity contribution in [2.75, 3.05) is 25.0 Å². The number of nitrogens with zero attached hydrogens (tertiary/aromatic N) is 1. The smallest absolute Gasteiger partial charge is 0.253 e. The lowest BCUT2D eigenvalue weighted by Crippen LogP contribution is -2.32. The highest BCUT2D eigenvalue weighted by molar-refractivity contribution is 6.35. The Hall–Kier alpha value is -2.24. The van der Waals surface area contributed by atoms with Crippen molar-refractivity contribution in [3.8, 4) is 5.75 Å². The summed E-state index contributed by atoms with van der Waals surface area (Å²) in [5.41, 5.74) is 1.29. The normalized spacial score (nSPS) is 10.5. The van der Waals surface area contributed by atoms with E-state index in [1.807, 2.05) is 4.90 Å². The van der Waals surface area contributed by atoms with Crippen LogP contribution in [-0.2, 0) is 4.79 Å². The molecule has 0 unspecified atom stereocenters. The Kier molecular flexibility index (Phi) is 9.98. The molecular weight excluding hydrogens is 423 g/mol. The van der Waals surface area contributed by atoms with E-state index in [9.17, 15) is 9.59 Å². The SMILES string of the molecule is CCCN(CCC)C(=O)c1ccc(NC(=O)CCCOc2ccc(Cl)cc2Cl)cc1. The van der Waals surface area contributed by atoms with Crippen molar-refractivity contribution in [3.05, 3.63) is 58.1 Å². The molecule has 2 aromatic carbocycles. The quantitative estimate of drug-likeness (QED) is 0.423. The van der Waals surface area contributed by atoms with Gasteiger partial charge >= 0.3 is 0 Å². The Labute approximate surface area is 188 Å². The highest BCUT2D eigenvalue weighted by Gasteiger charge is 2.14. The molecule has 0 bridgehead atoms. The molecule has 0 radical (unpaired) electrons. The highest BCUT2D eigenvalue weighted by atomic mass is 35.5. The molecule has 0 aliphatic carbocycles. The highest BCUT2D eigenvalue weighted by Crippen LogP contribution is 2.27. The summed E-state index contributed by atoms with van der Waals surface area (Å²) >= 11 is 11.9. The number of hydrogen-bond acceptors (Lipinski definition) is 3. The second-order valence-corrected chi connectivity index (χ2v) is 7.79. The molecule has 7 heteroatoms. The monoisotopic (exact) mass is 450 g/mol. The van der Waals surface area contributed by atoms with Crippen molar-refractivity contribution in [2.24, 2.45) is 0 Å². The fourth-order valence-corrected chi connectivity index (χ4v) is 3.43. The molecule has 0 aromatic heterocycles. The largest absolute Gasteiger partial charge is 0.492 e. The van der Waals surface area contributed by atoms with Gasteiger partial charge in [0.2, 0.25) is 5.91 Å². The predicted molar refractivity (Wildman–Crippen MR) is 123 cm³/mol. The minimum Gasteiger partial charge on any atom is -0.492 e. The number of ether oxygens (including phenoxy) is 1. The molecule has 0 spiro atoms. The third-order valence-corrected chi connectivity index (χ3v) is 4.92. The van der Waals surface area contributed by atoms with Crippen LogP contribution >= 0.6 is 23.2 Å². The van der Waals surface area contributed by atoms with Gasteiger partial charge in [-0.3, -0.25) is 9.59 Å². The van der Waals surface area contributed by atoms with Crippen molar-refractivity contribution < 1.29 is 14.3 Å². The Morgan fingerprint density at radius 1 is 1.00 bits per heavy atom. The van der Waals surface area contributed by atoms with Gasteiger partial charge in [0.1, 0.15) is 5.75 Å². The fraction of sp³-hybridized carbons (Fsp3) is 0.391. The average Bonchev–Trinajstić information content (AvgIpc) is 2.72. The first-order chi connectivity index (χ1) is 14.4. The Balaban J connectivity index is 1.79. The zero-order valence-electron chi connectivity index (χ0n) is 17.4. The molecule has 2 aromatic rings. The molecule has 30 heavy (non-hydrogen) atoms. The summed E-state index contributed by atoms with van der Waals surface area (Å²) in [4.78, 5) is 26.6. The molecular formula is C23H28Cl2N2O3. The van der Waals surface area contributed by atoms with Crippen LogP contribution in [0.5, 0.6) is 5.75 Å². The van der Waals surface area contributed by atoms with E-state index in [4.69, 9.17) is 27.9 Å². The molecule has 0 heterocycles. The van der Waals surface area contributed by atoms with E-state index in [0.29, 0.717) is 46.5 Å². The lowest BCUT2D eigenvalue weighted by molar-refractivity contribution is -0.116. The lowest BCUT2D eigenvalue weighted by atomic mass is 10.1. The summed E-state index contributed by atoms with van der Waals surface area (Å²) in [6, 6.07) is 12.0. The van der Waals surface area contributed by atoms with Crippen molar-refractivity contribution >= 4 is 40.7 Å². The van der Waals surface area contributed by atoms with Crippen LogP contribution in [0.1, 0.15) is 49.9 Å². The second kappa shape index (κ2) is 12.5. The summed E-state index contributed by atoms with van der Waals surface area (Å²) in [6.07, 6.45) is 2.71. The predicted octanol–water partition coefficient (Wildman–Crippen LogP) is 6.05. The van der Waals surface area contributed by atoms with Gasteiger partial charge in [0.25, 0.3) is 5.91 Å². The maximum Gasteiger partial charge on any atom is 0.253 e. The Morgan fingerprint density at radius 3 is 2.27 bits per heavy atom. The average molecular weight is 451 g/mol. The first-order valence-corrected chi connectivity index (χ1v) is 11.0. The minimum atomic E-state index is -0.113. The molecule has 2 amide bonds. The van der Waals surface area contributed by atoms with Crippen molar-refractivity contribution in [3.63, 3.8) is 0 Å². The van der Waals surface area contributed by atoms with Gasteiger partial charge in [-0.25, -0.2) is 0 Å². The van der Waals surface area contributed by atoms with E-state index in [-0.39, 0.29) is 11.8 Å². The third kappa shape index (κ3) is 7.54. The zero-order valence-corrected chi connectivity index (χ0v) is 18.9. The van der Waals surface area contributed by atoms with Crippen molar-refractivity contribution in [1.82, 2.24) is 4.90 Å². The second-order valence-electron chi connectivity index (χ2n) is 6.94. The molecule has 162 valence electrons. The van der Waals surface area contributed by atoms with Crippen LogP contribution in [0, 0.1) is 0 Å². The van der Waals surface area contributed by atoms with Crippen molar-refractivity contribution in [1.29, 1.82) is 0 Å². The minimum absolute atomic E-state index is 0.0228. The van der Waals surface area contributed by atoms with Gasteiger partial charge in [-0.2, -0.15) is 0 Å². The summed E-state index contributed by atoms with van der Waals surface area (Å²) in [7, 11) is 0. The van der Waals surface area contributed by atoms with Gasteiger partial charge < -0.3 is 15.0 Å². The number of benzene rings is 2. The third-order valence-electron chi connectivity index (χ3n) is 4.39.